The highest BCUT2D eigenvalue weighted by Gasteiger charge is 2.30. The molecule has 1 aromatic carbocycles. The van der Waals surface area contributed by atoms with Crippen molar-refractivity contribution in [3.05, 3.63) is 46.7 Å². The van der Waals surface area contributed by atoms with Crippen LogP contribution in [0.25, 0.3) is 0 Å². The molecule has 1 aromatic heterocycles. The highest BCUT2D eigenvalue weighted by molar-refractivity contribution is 6.32. The van der Waals surface area contributed by atoms with Crippen molar-refractivity contribution in [1.29, 1.82) is 0 Å². The molecule has 0 saturated carbocycles. The Balaban J connectivity index is 1.53. The Hall–Kier alpha value is -2.14. The average Bonchev–Trinajstić information content (AvgIpc) is 3.26. The molecular weight excluding hydrogens is 328 g/mol. The molecule has 2 aliphatic heterocycles. The summed E-state index contributed by atoms with van der Waals surface area (Å²) in [5.74, 6) is 1.31. The van der Waals surface area contributed by atoms with Crippen molar-refractivity contribution >= 4 is 17.5 Å². The number of H-pyrrole nitrogens is 1. The summed E-state index contributed by atoms with van der Waals surface area (Å²) in [6.45, 7) is 1.79. The number of amides is 1. The van der Waals surface area contributed by atoms with E-state index in [0.717, 1.165) is 30.6 Å². The number of fused-ring (bicyclic) bond motifs is 1. The molecule has 4 rings (SSSR count). The number of nitrogens with one attached hydrogen (secondary N) is 1. The maximum absolute atomic E-state index is 12.8. The molecule has 1 saturated heterocycles. The van der Waals surface area contributed by atoms with E-state index in [0.29, 0.717) is 36.2 Å². The van der Waals surface area contributed by atoms with Crippen molar-refractivity contribution in [3.8, 4) is 11.5 Å². The van der Waals surface area contributed by atoms with E-state index in [4.69, 9.17) is 21.1 Å². The van der Waals surface area contributed by atoms with E-state index in [9.17, 15) is 4.79 Å². The molecule has 24 heavy (non-hydrogen) atoms. The highest BCUT2D eigenvalue weighted by atomic mass is 35.5. The van der Waals surface area contributed by atoms with Crippen LogP contribution in [0.1, 0.15) is 30.1 Å². The predicted molar refractivity (Wildman–Crippen MR) is 90.6 cm³/mol. The van der Waals surface area contributed by atoms with Crippen LogP contribution in [-0.2, 0) is 11.2 Å². The first kappa shape index (κ1) is 15.4. The minimum absolute atomic E-state index is 0.111. The second-order valence-electron chi connectivity index (χ2n) is 6.15. The Kier molecular flexibility index (Phi) is 4.10. The first-order valence-electron chi connectivity index (χ1n) is 8.23. The zero-order chi connectivity index (χ0) is 16.5. The Labute approximate surface area is 145 Å². The summed E-state index contributed by atoms with van der Waals surface area (Å²) >= 11 is 6.27. The molecule has 5 nitrogen and oxygen atoms in total. The lowest BCUT2D eigenvalue weighted by atomic mass is 10.1. The van der Waals surface area contributed by atoms with Gasteiger partial charge >= 0.3 is 0 Å². The lowest BCUT2D eigenvalue weighted by Gasteiger charge is -2.25. The molecule has 0 bridgehead atoms. The van der Waals surface area contributed by atoms with Crippen LogP contribution in [0.3, 0.4) is 0 Å². The van der Waals surface area contributed by atoms with Crippen molar-refractivity contribution in [3.63, 3.8) is 0 Å². The van der Waals surface area contributed by atoms with Gasteiger partial charge in [0.25, 0.3) is 0 Å². The number of hydrogen-bond acceptors (Lipinski definition) is 3. The van der Waals surface area contributed by atoms with Gasteiger partial charge in [0.1, 0.15) is 13.2 Å². The normalized spacial score (nSPS) is 19.5. The fourth-order valence-corrected chi connectivity index (χ4v) is 3.77. The summed E-state index contributed by atoms with van der Waals surface area (Å²) in [5, 5.41) is 0.498. The first-order valence-corrected chi connectivity index (χ1v) is 8.61. The van der Waals surface area contributed by atoms with E-state index in [-0.39, 0.29) is 11.9 Å². The van der Waals surface area contributed by atoms with Gasteiger partial charge in [-0.2, -0.15) is 0 Å². The molecule has 0 radical (unpaired) electrons. The minimum atomic E-state index is 0.111. The summed E-state index contributed by atoms with van der Waals surface area (Å²) < 4.78 is 11.1. The Morgan fingerprint density at radius 2 is 2.21 bits per heavy atom. The number of carbonyl (C=O) groups is 1. The van der Waals surface area contributed by atoms with Crippen molar-refractivity contribution in [1.82, 2.24) is 9.88 Å². The molecule has 2 aliphatic rings. The van der Waals surface area contributed by atoms with E-state index in [1.54, 1.807) is 6.07 Å². The number of benzene rings is 1. The van der Waals surface area contributed by atoms with E-state index < -0.39 is 0 Å². The number of halogens is 1. The SMILES string of the molecule is O=C(Cc1cc(Cl)c2c(c1)OCCO2)N1CCCC1c1ccc[nH]1. The molecule has 1 N–H and O–H groups in total. The zero-order valence-electron chi connectivity index (χ0n) is 13.3. The topological polar surface area (TPSA) is 54.6 Å². The molecule has 2 aromatic rings. The van der Waals surface area contributed by atoms with Gasteiger partial charge in [-0.25, -0.2) is 0 Å². The Morgan fingerprint density at radius 3 is 3.04 bits per heavy atom. The van der Waals surface area contributed by atoms with Crippen LogP contribution < -0.4 is 9.47 Å². The molecule has 0 spiro atoms. The molecule has 1 unspecified atom stereocenters. The smallest absolute Gasteiger partial charge is 0.227 e. The molecule has 3 heterocycles. The van der Waals surface area contributed by atoms with Crippen LogP contribution in [0.15, 0.2) is 30.5 Å². The number of nitrogens with zero attached hydrogens (tertiary/aromatic N) is 1. The van der Waals surface area contributed by atoms with E-state index in [2.05, 4.69) is 4.98 Å². The quantitative estimate of drug-likeness (QED) is 0.927. The van der Waals surface area contributed by atoms with Crippen molar-refractivity contribution in [2.24, 2.45) is 0 Å². The summed E-state index contributed by atoms with van der Waals surface area (Å²) in [6.07, 6.45) is 4.23. The molecular formula is C18H19ClN2O3. The number of aromatic amines is 1. The average molecular weight is 347 g/mol. The van der Waals surface area contributed by atoms with Crippen molar-refractivity contribution in [2.75, 3.05) is 19.8 Å². The molecule has 1 amide bonds. The molecule has 6 heteroatoms. The van der Waals surface area contributed by atoms with Crippen LogP contribution in [0, 0.1) is 0 Å². The Bertz CT molecular complexity index is 745. The second-order valence-corrected chi connectivity index (χ2v) is 6.56. The third kappa shape index (κ3) is 2.84. The van der Waals surface area contributed by atoms with Crippen LogP contribution in [-0.4, -0.2) is 35.5 Å². The van der Waals surface area contributed by atoms with Gasteiger partial charge in [-0.15, -0.1) is 0 Å². The number of aromatic nitrogens is 1. The third-order valence-electron chi connectivity index (χ3n) is 4.57. The highest BCUT2D eigenvalue weighted by Crippen LogP contribution is 2.39. The van der Waals surface area contributed by atoms with Crippen LogP contribution in [0.2, 0.25) is 5.02 Å². The minimum Gasteiger partial charge on any atom is -0.486 e. The lowest BCUT2D eigenvalue weighted by molar-refractivity contribution is -0.131. The molecule has 1 atom stereocenters. The van der Waals surface area contributed by atoms with Gasteiger partial charge < -0.3 is 19.4 Å². The summed E-state index contributed by atoms with van der Waals surface area (Å²) in [6, 6.07) is 7.80. The van der Waals surface area contributed by atoms with Gasteiger partial charge in [0.15, 0.2) is 11.5 Å². The number of hydrogen-bond donors (Lipinski definition) is 1. The zero-order valence-corrected chi connectivity index (χ0v) is 14.0. The molecule has 0 aliphatic carbocycles. The van der Waals surface area contributed by atoms with Crippen LogP contribution in [0.5, 0.6) is 11.5 Å². The van der Waals surface area contributed by atoms with E-state index in [1.807, 2.05) is 29.3 Å². The summed E-state index contributed by atoms with van der Waals surface area (Å²) in [5.41, 5.74) is 1.95. The first-order chi connectivity index (χ1) is 11.7. The van der Waals surface area contributed by atoms with Crippen LogP contribution >= 0.6 is 11.6 Å². The second kappa shape index (κ2) is 6.40. The number of likely N-dealkylation sites (tertiary alicyclic amines) is 1. The van der Waals surface area contributed by atoms with Crippen LogP contribution in [0.4, 0.5) is 0 Å². The van der Waals surface area contributed by atoms with E-state index in [1.165, 1.54) is 0 Å². The fraction of sp³-hybridized carbons (Fsp3) is 0.389. The number of carbonyl (C=O) groups excluding carboxylic acids is 1. The summed E-state index contributed by atoms with van der Waals surface area (Å²) in [7, 11) is 0. The lowest BCUT2D eigenvalue weighted by Crippen LogP contribution is -2.32. The van der Waals surface area contributed by atoms with Gasteiger partial charge in [0.2, 0.25) is 5.91 Å². The number of ether oxygens (including phenoxy) is 2. The van der Waals surface area contributed by atoms with Gasteiger partial charge in [0.05, 0.1) is 17.5 Å². The fourth-order valence-electron chi connectivity index (χ4n) is 3.48. The maximum atomic E-state index is 12.8. The van der Waals surface area contributed by atoms with Gasteiger partial charge in [-0.3, -0.25) is 4.79 Å². The largest absolute Gasteiger partial charge is 0.486 e. The maximum Gasteiger partial charge on any atom is 0.227 e. The van der Waals surface area contributed by atoms with Gasteiger partial charge in [0, 0.05) is 18.4 Å². The van der Waals surface area contributed by atoms with Gasteiger partial charge in [-0.1, -0.05) is 11.6 Å². The Morgan fingerprint density at radius 1 is 1.33 bits per heavy atom. The number of rotatable bonds is 3. The van der Waals surface area contributed by atoms with E-state index >= 15 is 0 Å². The predicted octanol–water partition coefficient (Wildman–Crippen LogP) is 3.35. The third-order valence-corrected chi connectivity index (χ3v) is 4.85. The van der Waals surface area contributed by atoms with Gasteiger partial charge in [-0.05, 0) is 42.7 Å². The summed E-state index contributed by atoms with van der Waals surface area (Å²) in [4.78, 5) is 18.0. The molecule has 126 valence electrons. The van der Waals surface area contributed by atoms with Crippen molar-refractivity contribution < 1.29 is 14.3 Å². The van der Waals surface area contributed by atoms with Crippen molar-refractivity contribution in [2.45, 2.75) is 25.3 Å². The standard InChI is InChI=1S/C18H19ClN2O3/c19-13-9-12(10-16-18(13)24-8-7-23-16)11-17(22)21-6-2-4-15(21)14-3-1-5-20-14/h1,3,5,9-10,15,20H,2,4,6-8,11H2. The monoisotopic (exact) mass is 346 g/mol. The molecule has 1 fully saturated rings.